The summed E-state index contributed by atoms with van der Waals surface area (Å²) in [6.45, 7) is 0. The summed E-state index contributed by atoms with van der Waals surface area (Å²) in [5.41, 5.74) is 15.4. The summed E-state index contributed by atoms with van der Waals surface area (Å²) in [7, 11) is 0. The monoisotopic (exact) mass is 562 g/mol. The van der Waals surface area contributed by atoms with E-state index >= 15 is 0 Å². The Bertz CT molecular complexity index is 1800. The highest BCUT2D eigenvalue weighted by Crippen LogP contribution is 2.31. The zero-order valence-corrected chi connectivity index (χ0v) is 24.7. The Kier molecular flexibility index (Phi) is 7.97. The molecular weight excluding hydrogens is 528 g/mol. The summed E-state index contributed by atoms with van der Waals surface area (Å²) in [6.07, 6.45) is 1.81. The smallest absolute Gasteiger partial charge is 0.00196 e. The zero-order chi connectivity index (χ0) is 29.6. The molecule has 0 unspecified atom stereocenters. The minimum Gasteiger partial charge on any atom is -0.0622 e. The van der Waals surface area contributed by atoms with E-state index < -0.39 is 0 Å². The summed E-state index contributed by atoms with van der Waals surface area (Å²) in [5.74, 6) is 0. The van der Waals surface area contributed by atoms with Gasteiger partial charge in [0.15, 0.2) is 0 Å². The molecule has 0 aliphatic rings. The first-order chi connectivity index (χ1) is 21.8. The van der Waals surface area contributed by atoms with Gasteiger partial charge >= 0.3 is 0 Å². The second-order valence-corrected chi connectivity index (χ2v) is 11.4. The number of hydrogen-bond acceptors (Lipinski definition) is 0. The van der Waals surface area contributed by atoms with Crippen LogP contribution in [0.4, 0.5) is 0 Å². The second-order valence-electron chi connectivity index (χ2n) is 11.4. The molecule has 0 saturated carbocycles. The predicted octanol–water partition coefficient (Wildman–Crippen LogP) is 11.5. The molecule has 0 N–H and O–H groups in total. The van der Waals surface area contributed by atoms with Crippen LogP contribution in [-0.4, -0.2) is 0 Å². The lowest BCUT2D eigenvalue weighted by molar-refractivity contribution is 1.15. The Hall–Kier alpha value is -5.46. The molecule has 0 heterocycles. The average Bonchev–Trinajstić information content (AvgIpc) is 3.11. The third-order valence-corrected chi connectivity index (χ3v) is 8.45. The van der Waals surface area contributed by atoms with Crippen molar-refractivity contribution >= 4 is 0 Å². The third-order valence-electron chi connectivity index (χ3n) is 8.45. The molecule has 0 radical (unpaired) electrons. The lowest BCUT2D eigenvalue weighted by Crippen LogP contribution is -1.95. The van der Waals surface area contributed by atoms with Crippen LogP contribution in [0, 0.1) is 0 Å². The van der Waals surface area contributed by atoms with E-state index in [1.807, 2.05) is 0 Å². The quantitative estimate of drug-likeness (QED) is 0.173. The van der Waals surface area contributed by atoms with E-state index in [9.17, 15) is 0 Å². The van der Waals surface area contributed by atoms with Crippen molar-refractivity contribution in [3.05, 3.63) is 204 Å². The van der Waals surface area contributed by atoms with Crippen LogP contribution in [0.2, 0.25) is 0 Å². The zero-order valence-electron chi connectivity index (χ0n) is 24.7. The second kappa shape index (κ2) is 12.8. The van der Waals surface area contributed by atoms with Crippen molar-refractivity contribution < 1.29 is 0 Å². The largest absolute Gasteiger partial charge is 0.0622 e. The summed E-state index contributed by atoms with van der Waals surface area (Å²) in [4.78, 5) is 0. The van der Waals surface area contributed by atoms with E-state index in [-0.39, 0.29) is 0 Å². The van der Waals surface area contributed by atoms with Crippen LogP contribution in [0.15, 0.2) is 182 Å². The van der Waals surface area contributed by atoms with Gasteiger partial charge in [-0.3, -0.25) is 0 Å². The molecule has 0 bridgehead atoms. The van der Waals surface area contributed by atoms with Crippen molar-refractivity contribution in [3.63, 3.8) is 0 Å². The molecule has 7 aromatic rings. The van der Waals surface area contributed by atoms with Gasteiger partial charge in [-0.25, -0.2) is 0 Å². The molecule has 0 spiro atoms. The van der Waals surface area contributed by atoms with E-state index in [0.717, 1.165) is 12.8 Å². The molecule has 0 aromatic heterocycles. The lowest BCUT2D eigenvalue weighted by atomic mass is 9.92. The van der Waals surface area contributed by atoms with Crippen molar-refractivity contribution in [2.75, 3.05) is 0 Å². The first-order valence-corrected chi connectivity index (χ1v) is 15.4. The fraction of sp³-hybridized carbons (Fsp3) is 0.0455. The van der Waals surface area contributed by atoms with E-state index in [2.05, 4.69) is 182 Å². The van der Waals surface area contributed by atoms with Crippen LogP contribution in [0.1, 0.15) is 22.3 Å². The SMILES string of the molecule is c1ccc(-c2ccc(-c3ccccc3Cc3ccc(Cc4ccccc4-c4ccc(-c5ccccc5)cc4)cc3)cc2)cc1. The molecule has 0 saturated heterocycles. The molecule has 0 heteroatoms. The van der Waals surface area contributed by atoms with Gasteiger partial charge in [0.2, 0.25) is 0 Å². The van der Waals surface area contributed by atoms with Crippen LogP contribution in [0.3, 0.4) is 0 Å². The molecule has 0 fully saturated rings. The van der Waals surface area contributed by atoms with Crippen molar-refractivity contribution in [2.45, 2.75) is 12.8 Å². The number of hydrogen-bond donors (Lipinski definition) is 0. The molecule has 0 aliphatic heterocycles. The number of benzene rings is 7. The van der Waals surface area contributed by atoms with Gasteiger partial charge < -0.3 is 0 Å². The average molecular weight is 563 g/mol. The summed E-state index contributed by atoms with van der Waals surface area (Å²) in [5, 5.41) is 0. The van der Waals surface area contributed by atoms with Gasteiger partial charge in [-0.1, -0.05) is 182 Å². The summed E-state index contributed by atoms with van der Waals surface area (Å²) < 4.78 is 0. The molecular formula is C44H34. The van der Waals surface area contributed by atoms with E-state index in [1.165, 1.54) is 66.8 Å². The maximum Gasteiger partial charge on any atom is -0.00196 e. The Morgan fingerprint density at radius 1 is 0.227 bits per heavy atom. The van der Waals surface area contributed by atoms with Gasteiger partial charge in [0.25, 0.3) is 0 Å². The highest BCUT2D eigenvalue weighted by molar-refractivity contribution is 5.74. The van der Waals surface area contributed by atoms with Gasteiger partial charge in [0, 0.05) is 0 Å². The third kappa shape index (κ3) is 6.16. The molecule has 0 nitrogen and oxygen atoms in total. The topological polar surface area (TPSA) is 0 Å². The molecule has 0 aliphatic carbocycles. The summed E-state index contributed by atoms with van der Waals surface area (Å²) >= 11 is 0. The van der Waals surface area contributed by atoms with E-state index in [4.69, 9.17) is 0 Å². The minimum atomic E-state index is 0.904. The van der Waals surface area contributed by atoms with Crippen LogP contribution in [0.5, 0.6) is 0 Å². The van der Waals surface area contributed by atoms with E-state index in [1.54, 1.807) is 0 Å². The van der Waals surface area contributed by atoms with Gasteiger partial charge in [0.05, 0.1) is 0 Å². The fourth-order valence-electron chi connectivity index (χ4n) is 6.07. The Morgan fingerprint density at radius 2 is 0.523 bits per heavy atom. The van der Waals surface area contributed by atoms with Gasteiger partial charge in [0.1, 0.15) is 0 Å². The maximum atomic E-state index is 2.29. The van der Waals surface area contributed by atoms with Crippen molar-refractivity contribution in [1.82, 2.24) is 0 Å². The molecule has 44 heavy (non-hydrogen) atoms. The fourth-order valence-corrected chi connectivity index (χ4v) is 6.07. The Balaban J connectivity index is 1.07. The van der Waals surface area contributed by atoms with Gasteiger partial charge in [-0.2, -0.15) is 0 Å². The standard InChI is InChI=1S/C44H34/c1-3-11-35(12-4-1)37-23-27-39(28-24-37)43-17-9-7-15-41(43)31-33-19-21-34(22-20-33)32-42-16-8-10-18-44(42)40-29-25-38(26-30-40)36-13-5-2-6-14-36/h1-30H,31-32H2. The van der Waals surface area contributed by atoms with Crippen molar-refractivity contribution in [1.29, 1.82) is 0 Å². The maximum absolute atomic E-state index is 2.29. The molecule has 210 valence electrons. The van der Waals surface area contributed by atoms with Crippen LogP contribution in [0.25, 0.3) is 44.5 Å². The lowest BCUT2D eigenvalue weighted by Gasteiger charge is -2.13. The summed E-state index contributed by atoms with van der Waals surface area (Å²) in [6, 6.07) is 65.8. The normalized spacial score (nSPS) is 10.9. The Labute approximate surface area is 261 Å². The Morgan fingerprint density at radius 3 is 0.909 bits per heavy atom. The van der Waals surface area contributed by atoms with E-state index in [0.29, 0.717) is 0 Å². The first kappa shape index (κ1) is 27.4. The van der Waals surface area contributed by atoms with Gasteiger partial charge in [-0.15, -0.1) is 0 Å². The van der Waals surface area contributed by atoms with Crippen LogP contribution >= 0.6 is 0 Å². The molecule has 7 aromatic carbocycles. The highest BCUT2D eigenvalue weighted by Gasteiger charge is 2.09. The molecule has 0 amide bonds. The first-order valence-electron chi connectivity index (χ1n) is 15.4. The molecule has 7 rings (SSSR count). The number of rotatable bonds is 8. The van der Waals surface area contributed by atoms with Crippen molar-refractivity contribution in [2.24, 2.45) is 0 Å². The minimum absolute atomic E-state index is 0.904. The predicted molar refractivity (Wildman–Crippen MR) is 187 cm³/mol. The molecule has 0 atom stereocenters. The van der Waals surface area contributed by atoms with Crippen LogP contribution in [-0.2, 0) is 12.8 Å². The highest BCUT2D eigenvalue weighted by atomic mass is 14.1. The van der Waals surface area contributed by atoms with Gasteiger partial charge in [-0.05, 0) is 79.6 Å². The van der Waals surface area contributed by atoms with Crippen LogP contribution < -0.4 is 0 Å². The van der Waals surface area contributed by atoms with Crippen molar-refractivity contribution in [3.8, 4) is 44.5 Å².